The van der Waals surface area contributed by atoms with Crippen LogP contribution in [0, 0.1) is 5.92 Å². The molecular formula is C13H24N2O3. The predicted octanol–water partition coefficient (Wildman–Crippen LogP) is 1.09. The molecule has 1 aliphatic carbocycles. The molecule has 0 spiro atoms. The number of rotatable bonds is 6. The Balaban J connectivity index is 2.18. The Kier molecular flexibility index (Phi) is 6.12. The zero-order valence-corrected chi connectivity index (χ0v) is 11.3. The Hall–Kier alpha value is -1.10. The molecule has 0 aromatic heterocycles. The van der Waals surface area contributed by atoms with Gasteiger partial charge in [-0.15, -0.1) is 0 Å². The van der Waals surface area contributed by atoms with Crippen LogP contribution in [0.5, 0.6) is 0 Å². The summed E-state index contributed by atoms with van der Waals surface area (Å²) >= 11 is 0. The quantitative estimate of drug-likeness (QED) is 0.746. The SMILES string of the molecule is CC1CCC(NC(=O)CN(C)CCC(=O)O)CC1. The second-order valence-electron chi connectivity index (χ2n) is 5.41. The fourth-order valence-corrected chi connectivity index (χ4v) is 2.29. The van der Waals surface area contributed by atoms with Crippen LogP contribution >= 0.6 is 0 Å². The van der Waals surface area contributed by atoms with Crippen LogP contribution in [0.15, 0.2) is 0 Å². The zero-order valence-electron chi connectivity index (χ0n) is 11.3. The van der Waals surface area contributed by atoms with Crippen molar-refractivity contribution in [1.82, 2.24) is 10.2 Å². The van der Waals surface area contributed by atoms with Crippen LogP contribution in [0.25, 0.3) is 0 Å². The van der Waals surface area contributed by atoms with Crippen molar-refractivity contribution in [2.75, 3.05) is 20.1 Å². The lowest BCUT2D eigenvalue weighted by atomic mass is 9.87. The minimum Gasteiger partial charge on any atom is -0.481 e. The number of carboxylic acid groups (broad SMARTS) is 1. The molecule has 18 heavy (non-hydrogen) atoms. The number of likely N-dealkylation sites (N-methyl/N-ethyl adjacent to an activating group) is 1. The highest BCUT2D eigenvalue weighted by Crippen LogP contribution is 2.23. The standard InChI is InChI=1S/C13H24N2O3/c1-10-3-5-11(6-4-10)14-12(16)9-15(2)8-7-13(17)18/h10-11H,3-9H2,1-2H3,(H,14,16)(H,17,18). The number of aliphatic carboxylic acids is 1. The molecule has 0 heterocycles. The third kappa shape index (κ3) is 6.00. The van der Waals surface area contributed by atoms with Gasteiger partial charge in [-0.3, -0.25) is 14.5 Å². The summed E-state index contributed by atoms with van der Waals surface area (Å²) in [6.45, 7) is 2.93. The lowest BCUT2D eigenvalue weighted by molar-refractivity contribution is -0.137. The summed E-state index contributed by atoms with van der Waals surface area (Å²) in [5.41, 5.74) is 0. The van der Waals surface area contributed by atoms with Crippen LogP contribution in [0.4, 0.5) is 0 Å². The monoisotopic (exact) mass is 256 g/mol. The van der Waals surface area contributed by atoms with Crippen LogP contribution in [0.2, 0.25) is 0 Å². The average molecular weight is 256 g/mol. The molecule has 1 fully saturated rings. The highest BCUT2D eigenvalue weighted by molar-refractivity contribution is 5.78. The highest BCUT2D eigenvalue weighted by Gasteiger charge is 2.20. The smallest absolute Gasteiger partial charge is 0.304 e. The molecule has 2 N–H and O–H groups in total. The Morgan fingerprint density at radius 2 is 1.89 bits per heavy atom. The van der Waals surface area contributed by atoms with Crippen LogP contribution in [0.3, 0.4) is 0 Å². The van der Waals surface area contributed by atoms with Gasteiger partial charge in [-0.25, -0.2) is 0 Å². The number of nitrogens with one attached hydrogen (secondary N) is 1. The van der Waals surface area contributed by atoms with Crippen molar-refractivity contribution >= 4 is 11.9 Å². The van der Waals surface area contributed by atoms with E-state index in [2.05, 4.69) is 12.2 Å². The van der Waals surface area contributed by atoms with Gasteiger partial charge in [0.15, 0.2) is 0 Å². The Morgan fingerprint density at radius 1 is 1.28 bits per heavy atom. The Morgan fingerprint density at radius 3 is 2.44 bits per heavy atom. The van der Waals surface area contributed by atoms with Gasteiger partial charge in [-0.2, -0.15) is 0 Å². The summed E-state index contributed by atoms with van der Waals surface area (Å²) in [6.07, 6.45) is 4.56. The fraction of sp³-hybridized carbons (Fsp3) is 0.846. The van der Waals surface area contributed by atoms with Crippen molar-refractivity contribution in [3.8, 4) is 0 Å². The van der Waals surface area contributed by atoms with Crippen LogP contribution < -0.4 is 5.32 Å². The van der Waals surface area contributed by atoms with Crippen molar-refractivity contribution in [2.24, 2.45) is 5.92 Å². The molecule has 0 aliphatic heterocycles. The summed E-state index contributed by atoms with van der Waals surface area (Å²) in [6, 6.07) is 0.307. The van der Waals surface area contributed by atoms with Crippen LogP contribution in [-0.2, 0) is 9.59 Å². The fourth-order valence-electron chi connectivity index (χ4n) is 2.29. The van der Waals surface area contributed by atoms with Crippen LogP contribution in [0.1, 0.15) is 39.0 Å². The number of carboxylic acids is 1. The molecule has 0 unspecified atom stereocenters. The molecule has 1 saturated carbocycles. The second-order valence-corrected chi connectivity index (χ2v) is 5.41. The molecular weight excluding hydrogens is 232 g/mol. The minimum absolute atomic E-state index is 0.00226. The van der Waals surface area contributed by atoms with E-state index >= 15 is 0 Å². The summed E-state index contributed by atoms with van der Waals surface area (Å²) in [4.78, 5) is 23.9. The summed E-state index contributed by atoms with van der Waals surface area (Å²) in [5.74, 6) is -0.0534. The number of amides is 1. The number of nitrogens with zero attached hydrogens (tertiary/aromatic N) is 1. The molecule has 0 aromatic rings. The first kappa shape index (κ1) is 15.0. The maximum atomic E-state index is 11.7. The number of hydrogen-bond donors (Lipinski definition) is 2. The first-order chi connectivity index (χ1) is 8.47. The largest absolute Gasteiger partial charge is 0.481 e. The van der Waals surface area contributed by atoms with E-state index in [1.807, 2.05) is 0 Å². The molecule has 1 amide bonds. The van der Waals surface area contributed by atoms with Crippen molar-refractivity contribution in [1.29, 1.82) is 0 Å². The highest BCUT2D eigenvalue weighted by atomic mass is 16.4. The lowest BCUT2D eigenvalue weighted by Crippen LogP contribution is -2.42. The molecule has 1 rings (SSSR count). The molecule has 0 bridgehead atoms. The van der Waals surface area contributed by atoms with E-state index in [0.717, 1.165) is 18.8 Å². The maximum absolute atomic E-state index is 11.7. The van der Waals surface area contributed by atoms with E-state index < -0.39 is 5.97 Å². The molecule has 5 nitrogen and oxygen atoms in total. The van der Waals surface area contributed by atoms with E-state index in [9.17, 15) is 9.59 Å². The predicted molar refractivity (Wildman–Crippen MR) is 69.3 cm³/mol. The topological polar surface area (TPSA) is 69.6 Å². The maximum Gasteiger partial charge on any atom is 0.304 e. The average Bonchev–Trinajstić information content (AvgIpc) is 2.29. The zero-order chi connectivity index (χ0) is 13.5. The molecule has 5 heteroatoms. The van der Waals surface area contributed by atoms with Crippen molar-refractivity contribution < 1.29 is 14.7 Å². The van der Waals surface area contributed by atoms with Gasteiger partial charge in [0.25, 0.3) is 0 Å². The van der Waals surface area contributed by atoms with Gasteiger partial charge < -0.3 is 10.4 Å². The molecule has 104 valence electrons. The Labute approximate surface area is 109 Å². The lowest BCUT2D eigenvalue weighted by Gasteiger charge is -2.27. The van der Waals surface area contributed by atoms with Crippen molar-refractivity contribution in [2.45, 2.75) is 45.1 Å². The van der Waals surface area contributed by atoms with Crippen LogP contribution in [-0.4, -0.2) is 48.1 Å². The molecule has 0 atom stereocenters. The van der Waals surface area contributed by atoms with Gasteiger partial charge in [-0.1, -0.05) is 6.92 Å². The molecule has 0 saturated heterocycles. The number of carbonyl (C=O) groups is 2. The third-order valence-electron chi connectivity index (χ3n) is 3.50. The minimum atomic E-state index is -0.830. The number of carbonyl (C=O) groups excluding carboxylic acids is 1. The van der Waals surface area contributed by atoms with Crippen molar-refractivity contribution in [3.63, 3.8) is 0 Å². The van der Waals surface area contributed by atoms with Gasteiger partial charge in [0.1, 0.15) is 0 Å². The van der Waals surface area contributed by atoms with E-state index in [1.54, 1.807) is 11.9 Å². The second kappa shape index (κ2) is 7.36. The number of hydrogen-bond acceptors (Lipinski definition) is 3. The van der Waals surface area contributed by atoms with Gasteiger partial charge in [0, 0.05) is 12.6 Å². The van der Waals surface area contributed by atoms with Gasteiger partial charge in [0.05, 0.1) is 13.0 Å². The van der Waals surface area contributed by atoms with Gasteiger partial charge >= 0.3 is 5.97 Å². The normalized spacial score (nSPS) is 23.9. The van der Waals surface area contributed by atoms with Crippen molar-refractivity contribution in [3.05, 3.63) is 0 Å². The third-order valence-corrected chi connectivity index (χ3v) is 3.50. The van der Waals surface area contributed by atoms with Gasteiger partial charge in [-0.05, 0) is 38.6 Å². The molecule has 0 aromatic carbocycles. The summed E-state index contributed by atoms with van der Waals surface area (Å²) < 4.78 is 0. The molecule has 0 radical (unpaired) electrons. The van der Waals surface area contributed by atoms with E-state index in [4.69, 9.17) is 5.11 Å². The summed E-state index contributed by atoms with van der Waals surface area (Å²) in [5, 5.41) is 11.6. The van der Waals surface area contributed by atoms with E-state index in [0.29, 0.717) is 12.6 Å². The first-order valence-corrected chi connectivity index (χ1v) is 6.67. The van der Waals surface area contributed by atoms with E-state index in [1.165, 1.54) is 12.8 Å². The first-order valence-electron chi connectivity index (χ1n) is 6.67. The van der Waals surface area contributed by atoms with Gasteiger partial charge in [0.2, 0.25) is 5.91 Å². The Bertz CT molecular complexity index is 286. The summed E-state index contributed by atoms with van der Waals surface area (Å²) in [7, 11) is 1.77. The van der Waals surface area contributed by atoms with E-state index in [-0.39, 0.29) is 18.9 Å². The molecule has 1 aliphatic rings.